The second-order valence-corrected chi connectivity index (χ2v) is 6.36. The molecule has 0 spiro atoms. The van der Waals surface area contributed by atoms with Crippen LogP contribution in [0.15, 0.2) is 29.6 Å². The zero-order valence-corrected chi connectivity index (χ0v) is 14.4. The highest BCUT2D eigenvalue weighted by molar-refractivity contribution is 7.14. The van der Waals surface area contributed by atoms with Crippen LogP contribution in [0.5, 0.6) is 0 Å². The highest BCUT2D eigenvalue weighted by atomic mass is 32.1. The minimum atomic E-state index is -0.388. The minimum absolute atomic E-state index is 0.274. The van der Waals surface area contributed by atoms with Gasteiger partial charge in [0.1, 0.15) is 4.88 Å². The molecule has 0 aliphatic carbocycles. The van der Waals surface area contributed by atoms with E-state index in [1.165, 1.54) is 18.4 Å². The number of rotatable bonds is 4. The minimum Gasteiger partial charge on any atom is -0.465 e. The van der Waals surface area contributed by atoms with Crippen LogP contribution >= 0.6 is 22.9 Å². The average Bonchev–Trinajstić information content (AvgIpc) is 3.23. The summed E-state index contributed by atoms with van der Waals surface area (Å²) in [6, 6.07) is 6.91. The van der Waals surface area contributed by atoms with Crippen molar-refractivity contribution in [3.05, 3.63) is 45.8 Å². The lowest BCUT2D eigenvalue weighted by Crippen LogP contribution is -2.11. The number of carbonyl (C=O) groups is 2. The van der Waals surface area contributed by atoms with Crippen molar-refractivity contribution in [3.8, 4) is 11.3 Å². The molecule has 24 heavy (non-hydrogen) atoms. The average molecular weight is 360 g/mol. The molecule has 0 aliphatic heterocycles. The fourth-order valence-electron chi connectivity index (χ4n) is 1.95. The molecule has 1 N–H and O–H groups in total. The summed E-state index contributed by atoms with van der Waals surface area (Å²) in [7, 11) is 1.34. The van der Waals surface area contributed by atoms with E-state index in [0.717, 1.165) is 17.1 Å². The molecule has 1 aromatic carbocycles. The van der Waals surface area contributed by atoms with Gasteiger partial charge in [-0.3, -0.25) is 10.1 Å². The maximum absolute atomic E-state index is 12.1. The Kier molecular flexibility index (Phi) is 4.63. The van der Waals surface area contributed by atoms with Crippen LogP contribution in [-0.4, -0.2) is 33.6 Å². The number of thiazole rings is 1. The van der Waals surface area contributed by atoms with Crippen molar-refractivity contribution in [2.75, 3.05) is 12.4 Å². The zero-order chi connectivity index (χ0) is 17.1. The summed E-state index contributed by atoms with van der Waals surface area (Å²) in [6.45, 7) is 1.73. The molecule has 122 valence electrons. The molecule has 0 saturated carbocycles. The Labute approximate surface area is 145 Å². The Morgan fingerprint density at radius 2 is 1.96 bits per heavy atom. The monoisotopic (exact) mass is 360 g/mol. The van der Waals surface area contributed by atoms with Crippen LogP contribution in [0.4, 0.5) is 5.13 Å². The number of aryl methyl sites for hydroxylation is 1. The van der Waals surface area contributed by atoms with Crippen LogP contribution in [0.25, 0.3) is 11.3 Å². The van der Waals surface area contributed by atoms with Crippen molar-refractivity contribution in [2.45, 2.75) is 6.92 Å². The lowest BCUT2D eigenvalue weighted by Gasteiger charge is -2.01. The molecule has 2 heterocycles. The van der Waals surface area contributed by atoms with Gasteiger partial charge in [-0.1, -0.05) is 16.6 Å². The highest BCUT2D eigenvalue weighted by Crippen LogP contribution is 2.26. The summed E-state index contributed by atoms with van der Waals surface area (Å²) in [6.07, 6.45) is 0. The molecule has 3 aromatic rings. The molecule has 0 aliphatic rings. The van der Waals surface area contributed by atoms with E-state index in [4.69, 9.17) is 0 Å². The molecule has 7 nitrogen and oxygen atoms in total. The van der Waals surface area contributed by atoms with Gasteiger partial charge < -0.3 is 4.74 Å². The first-order valence-corrected chi connectivity index (χ1v) is 8.48. The number of hydrogen-bond donors (Lipinski definition) is 1. The Bertz CT molecular complexity index is 886. The number of anilines is 1. The Hall–Kier alpha value is -2.65. The number of amides is 1. The van der Waals surface area contributed by atoms with E-state index in [2.05, 4.69) is 24.6 Å². The maximum Gasteiger partial charge on any atom is 0.337 e. The molecule has 0 unspecified atom stereocenters. The SMILES string of the molecule is COC(=O)c1ccc(-c2csc(NC(=O)c3snnc3C)n2)cc1. The fraction of sp³-hybridized carbons (Fsp3) is 0.133. The Morgan fingerprint density at radius 1 is 1.21 bits per heavy atom. The quantitative estimate of drug-likeness (QED) is 0.719. The number of hydrogen-bond acceptors (Lipinski definition) is 8. The second kappa shape index (κ2) is 6.85. The fourth-order valence-corrected chi connectivity index (χ4v) is 3.22. The molecule has 3 rings (SSSR count). The molecule has 9 heteroatoms. The lowest BCUT2D eigenvalue weighted by atomic mass is 10.1. The van der Waals surface area contributed by atoms with E-state index in [1.54, 1.807) is 31.2 Å². The van der Waals surface area contributed by atoms with Gasteiger partial charge >= 0.3 is 5.97 Å². The van der Waals surface area contributed by atoms with Crippen molar-refractivity contribution in [1.82, 2.24) is 14.6 Å². The van der Waals surface area contributed by atoms with Gasteiger partial charge in [-0.05, 0) is 30.6 Å². The standard InChI is InChI=1S/C15H12N4O3S2/c1-8-12(24-19-18-8)13(20)17-15-16-11(7-23-15)9-3-5-10(6-4-9)14(21)22-2/h3-7H,1-2H3,(H,16,17,20). The molecule has 0 saturated heterocycles. The van der Waals surface area contributed by atoms with Gasteiger partial charge in [0.05, 0.1) is 24.1 Å². The maximum atomic E-state index is 12.1. The van der Waals surface area contributed by atoms with E-state index >= 15 is 0 Å². The molecular formula is C15H12N4O3S2. The predicted octanol–water partition coefficient (Wildman–Crippen LogP) is 3.01. The van der Waals surface area contributed by atoms with Crippen molar-refractivity contribution in [3.63, 3.8) is 0 Å². The number of nitrogens with one attached hydrogen (secondary N) is 1. The predicted molar refractivity (Wildman–Crippen MR) is 91.5 cm³/mol. The number of esters is 1. The number of carbonyl (C=O) groups excluding carboxylic acids is 2. The van der Waals surface area contributed by atoms with Crippen LogP contribution in [0.3, 0.4) is 0 Å². The molecule has 0 radical (unpaired) electrons. The van der Waals surface area contributed by atoms with Gasteiger partial charge in [0.15, 0.2) is 5.13 Å². The third-order valence-electron chi connectivity index (χ3n) is 3.18. The van der Waals surface area contributed by atoms with Crippen molar-refractivity contribution >= 4 is 39.9 Å². The Morgan fingerprint density at radius 3 is 2.58 bits per heavy atom. The third-order valence-corrected chi connectivity index (χ3v) is 4.77. The number of nitrogens with zero attached hydrogens (tertiary/aromatic N) is 3. The summed E-state index contributed by atoms with van der Waals surface area (Å²) in [5.74, 6) is -0.661. The van der Waals surface area contributed by atoms with Crippen LogP contribution in [0.2, 0.25) is 0 Å². The van der Waals surface area contributed by atoms with E-state index in [9.17, 15) is 9.59 Å². The topological polar surface area (TPSA) is 94.1 Å². The molecule has 1 amide bonds. The van der Waals surface area contributed by atoms with E-state index in [0.29, 0.717) is 27.0 Å². The van der Waals surface area contributed by atoms with Crippen LogP contribution in [-0.2, 0) is 4.74 Å². The van der Waals surface area contributed by atoms with Gasteiger partial charge in [-0.2, -0.15) is 0 Å². The van der Waals surface area contributed by atoms with Gasteiger partial charge in [-0.25, -0.2) is 9.78 Å². The first-order chi connectivity index (χ1) is 11.6. The first kappa shape index (κ1) is 16.2. The van der Waals surface area contributed by atoms with Gasteiger partial charge in [0, 0.05) is 10.9 Å². The lowest BCUT2D eigenvalue weighted by molar-refractivity contribution is 0.0600. The summed E-state index contributed by atoms with van der Waals surface area (Å²) < 4.78 is 8.41. The van der Waals surface area contributed by atoms with E-state index in [-0.39, 0.29) is 11.9 Å². The summed E-state index contributed by atoms with van der Waals surface area (Å²) in [5.41, 5.74) is 2.62. The van der Waals surface area contributed by atoms with Gasteiger partial charge in [0.25, 0.3) is 5.91 Å². The number of ether oxygens (including phenoxy) is 1. The molecule has 0 fully saturated rings. The van der Waals surface area contributed by atoms with Gasteiger partial charge in [-0.15, -0.1) is 16.4 Å². The summed E-state index contributed by atoms with van der Waals surface area (Å²) in [4.78, 5) is 28.4. The van der Waals surface area contributed by atoms with Crippen LogP contribution in [0, 0.1) is 6.92 Å². The normalized spacial score (nSPS) is 10.4. The smallest absolute Gasteiger partial charge is 0.337 e. The van der Waals surface area contributed by atoms with Gasteiger partial charge in [0.2, 0.25) is 0 Å². The second-order valence-electron chi connectivity index (χ2n) is 4.75. The first-order valence-electron chi connectivity index (χ1n) is 6.83. The number of benzene rings is 1. The van der Waals surface area contributed by atoms with Crippen molar-refractivity contribution in [2.24, 2.45) is 0 Å². The zero-order valence-electron chi connectivity index (χ0n) is 12.8. The van der Waals surface area contributed by atoms with E-state index in [1.807, 2.05) is 5.38 Å². The van der Waals surface area contributed by atoms with Crippen molar-refractivity contribution < 1.29 is 14.3 Å². The molecule has 0 bridgehead atoms. The van der Waals surface area contributed by atoms with E-state index < -0.39 is 0 Å². The molecule has 2 aromatic heterocycles. The summed E-state index contributed by atoms with van der Waals surface area (Å²) in [5, 5.41) is 8.87. The molecular weight excluding hydrogens is 348 g/mol. The largest absolute Gasteiger partial charge is 0.465 e. The highest BCUT2D eigenvalue weighted by Gasteiger charge is 2.15. The number of methoxy groups -OCH3 is 1. The third kappa shape index (κ3) is 3.31. The Balaban J connectivity index is 1.75. The van der Waals surface area contributed by atoms with Crippen molar-refractivity contribution in [1.29, 1.82) is 0 Å². The van der Waals surface area contributed by atoms with Crippen LogP contribution < -0.4 is 5.32 Å². The molecule has 0 atom stereocenters. The number of aromatic nitrogens is 3. The summed E-state index contributed by atoms with van der Waals surface area (Å²) >= 11 is 2.37. The van der Waals surface area contributed by atoms with Crippen LogP contribution in [0.1, 0.15) is 25.7 Å².